The van der Waals surface area contributed by atoms with Gasteiger partial charge < -0.3 is 4.74 Å². The summed E-state index contributed by atoms with van der Waals surface area (Å²) in [7, 11) is 0. The summed E-state index contributed by atoms with van der Waals surface area (Å²) in [5.41, 5.74) is 5.87. The Hall–Kier alpha value is -5.40. The lowest BCUT2D eigenvalue weighted by molar-refractivity contribution is 0.0938. The van der Waals surface area contributed by atoms with Crippen LogP contribution in [0.15, 0.2) is 113 Å². The first-order chi connectivity index (χ1) is 23.6. The van der Waals surface area contributed by atoms with E-state index >= 15 is 0 Å². The molecule has 5 heterocycles. The molecule has 0 amide bonds. The van der Waals surface area contributed by atoms with Crippen molar-refractivity contribution in [3.63, 3.8) is 0 Å². The number of thiophene rings is 2. The minimum absolute atomic E-state index is 0.0139. The Kier molecular flexibility index (Phi) is 6.25. The first kappa shape index (κ1) is 29.7. The van der Waals surface area contributed by atoms with Crippen LogP contribution in [0, 0.1) is 28.1 Å². The first-order valence-corrected chi connectivity index (χ1v) is 18.0. The Bertz CT molecular complexity index is 2850. The van der Waals surface area contributed by atoms with E-state index < -0.39 is 5.60 Å². The Morgan fingerprint density at radius 2 is 1.55 bits per heavy atom. The van der Waals surface area contributed by atoms with Crippen molar-refractivity contribution in [3.05, 3.63) is 118 Å². The molecule has 0 bridgehead atoms. The SMILES string of the molecule is CC(C)(C)C1=C(/C=C/c2cc3sc4c(c3s2)c2c(-c3ccccc3)ccc3ccc5c6ccccc6n4c5c32)C(C)(C)OC1=C(C#N)C#N. The van der Waals surface area contributed by atoms with Gasteiger partial charge in [0.05, 0.1) is 15.7 Å². The van der Waals surface area contributed by atoms with Crippen molar-refractivity contribution >= 4 is 86.3 Å². The third-order valence-electron chi connectivity index (χ3n) is 9.84. The molecule has 0 N–H and O–H groups in total. The van der Waals surface area contributed by atoms with Gasteiger partial charge in [-0.05, 0) is 54.0 Å². The lowest BCUT2D eigenvalue weighted by atomic mass is 9.79. The minimum atomic E-state index is -0.688. The van der Waals surface area contributed by atoms with Crippen LogP contribution in [-0.2, 0) is 4.74 Å². The quantitative estimate of drug-likeness (QED) is 0.176. The molecule has 0 atom stereocenters. The van der Waals surface area contributed by atoms with Gasteiger partial charge in [-0.15, -0.1) is 22.7 Å². The van der Waals surface area contributed by atoms with Crippen LogP contribution in [0.2, 0.25) is 0 Å². The number of hydrogen-bond acceptors (Lipinski definition) is 5. The average Bonchev–Trinajstić information content (AvgIpc) is 3.81. The number of pyridine rings is 1. The number of fused-ring (bicyclic) bond motifs is 8. The summed E-state index contributed by atoms with van der Waals surface area (Å²) in [5, 5.41) is 27.2. The van der Waals surface area contributed by atoms with Crippen molar-refractivity contribution in [1.29, 1.82) is 10.5 Å². The van der Waals surface area contributed by atoms with E-state index in [0.29, 0.717) is 5.76 Å². The number of benzene rings is 4. The highest BCUT2D eigenvalue weighted by Gasteiger charge is 2.42. The van der Waals surface area contributed by atoms with Gasteiger partial charge in [-0.25, -0.2) is 0 Å². The van der Waals surface area contributed by atoms with Gasteiger partial charge >= 0.3 is 0 Å². The van der Waals surface area contributed by atoms with E-state index in [-0.39, 0.29) is 11.0 Å². The highest BCUT2D eigenvalue weighted by atomic mass is 32.1. The zero-order chi connectivity index (χ0) is 33.8. The third kappa shape index (κ3) is 4.18. The molecule has 1 aliphatic heterocycles. The van der Waals surface area contributed by atoms with E-state index in [2.05, 4.69) is 134 Å². The number of hydrogen-bond donors (Lipinski definition) is 0. The van der Waals surface area contributed by atoms with Crippen LogP contribution in [-0.4, -0.2) is 10.0 Å². The minimum Gasteiger partial charge on any atom is -0.481 e. The van der Waals surface area contributed by atoms with Gasteiger partial charge in [-0.3, -0.25) is 4.40 Å². The number of para-hydroxylation sites is 1. The van der Waals surface area contributed by atoms with Crippen LogP contribution >= 0.6 is 22.7 Å². The number of nitriles is 2. The van der Waals surface area contributed by atoms with Gasteiger partial charge in [0.25, 0.3) is 0 Å². The van der Waals surface area contributed by atoms with E-state index in [1.165, 1.54) is 68.7 Å². The Morgan fingerprint density at radius 3 is 2.31 bits per heavy atom. The molecule has 4 aromatic carbocycles. The molecule has 0 unspecified atom stereocenters. The predicted octanol–water partition coefficient (Wildman–Crippen LogP) is 12.4. The molecule has 6 heteroatoms. The van der Waals surface area contributed by atoms with E-state index in [1.54, 1.807) is 0 Å². The predicted molar refractivity (Wildman–Crippen MR) is 206 cm³/mol. The summed E-state index contributed by atoms with van der Waals surface area (Å²) in [6.45, 7) is 10.3. The van der Waals surface area contributed by atoms with Crippen molar-refractivity contribution in [1.82, 2.24) is 4.40 Å². The molecule has 0 spiro atoms. The van der Waals surface area contributed by atoms with Crippen molar-refractivity contribution in [2.24, 2.45) is 5.41 Å². The molecule has 8 aromatic rings. The molecule has 49 heavy (non-hydrogen) atoms. The maximum Gasteiger partial charge on any atom is 0.171 e. The molecule has 9 rings (SSSR count). The fourth-order valence-corrected chi connectivity index (χ4v) is 10.4. The highest BCUT2D eigenvalue weighted by Crippen LogP contribution is 2.52. The van der Waals surface area contributed by atoms with E-state index in [0.717, 1.165) is 16.0 Å². The molecule has 0 fully saturated rings. The molecular formula is C43H31N3OS2. The summed E-state index contributed by atoms with van der Waals surface area (Å²) in [6, 6.07) is 35.1. The van der Waals surface area contributed by atoms with E-state index in [9.17, 15) is 10.5 Å². The number of nitrogens with zero attached hydrogens (tertiary/aromatic N) is 3. The highest BCUT2D eigenvalue weighted by molar-refractivity contribution is 7.33. The molecule has 0 saturated carbocycles. The van der Waals surface area contributed by atoms with Crippen molar-refractivity contribution < 1.29 is 4.74 Å². The Balaban J connectivity index is 1.35. The fourth-order valence-electron chi connectivity index (χ4n) is 7.83. The second-order valence-electron chi connectivity index (χ2n) is 14.3. The Morgan fingerprint density at radius 1 is 0.816 bits per heavy atom. The van der Waals surface area contributed by atoms with Crippen molar-refractivity contribution in [2.45, 2.75) is 40.2 Å². The molecule has 0 saturated heterocycles. The van der Waals surface area contributed by atoms with E-state index in [4.69, 9.17) is 4.74 Å². The fraction of sp³-hybridized carbons (Fsp3) is 0.163. The van der Waals surface area contributed by atoms with Crippen molar-refractivity contribution in [2.75, 3.05) is 0 Å². The summed E-state index contributed by atoms with van der Waals surface area (Å²) in [4.78, 5) is 2.42. The molecule has 1 aliphatic rings. The second-order valence-corrected chi connectivity index (χ2v) is 16.4. The molecule has 4 aromatic heterocycles. The number of ether oxygens (including phenoxy) is 1. The van der Waals surface area contributed by atoms with Gasteiger partial charge in [0.1, 0.15) is 22.6 Å². The maximum atomic E-state index is 9.74. The average molecular weight is 670 g/mol. The van der Waals surface area contributed by atoms with Gasteiger partial charge in [0, 0.05) is 47.7 Å². The van der Waals surface area contributed by atoms with Gasteiger partial charge in [-0.1, -0.05) is 99.6 Å². The number of aromatic nitrogens is 1. The smallest absolute Gasteiger partial charge is 0.171 e. The van der Waals surface area contributed by atoms with Gasteiger partial charge in [0.15, 0.2) is 11.3 Å². The largest absolute Gasteiger partial charge is 0.481 e. The van der Waals surface area contributed by atoms with Gasteiger partial charge in [0.2, 0.25) is 0 Å². The normalized spacial score (nSPS) is 15.1. The van der Waals surface area contributed by atoms with Crippen LogP contribution in [0.1, 0.15) is 39.5 Å². The summed E-state index contributed by atoms with van der Waals surface area (Å²) in [5.74, 6) is 0.397. The summed E-state index contributed by atoms with van der Waals surface area (Å²) in [6.07, 6.45) is 4.31. The van der Waals surface area contributed by atoms with Crippen LogP contribution in [0.25, 0.3) is 74.8 Å². The lowest BCUT2D eigenvalue weighted by Gasteiger charge is -2.22. The van der Waals surface area contributed by atoms with Crippen molar-refractivity contribution in [3.8, 4) is 23.3 Å². The molecule has 4 nitrogen and oxygen atoms in total. The zero-order valence-corrected chi connectivity index (χ0v) is 29.4. The third-order valence-corrected chi connectivity index (χ3v) is 12.2. The molecule has 0 radical (unpaired) electrons. The molecular weight excluding hydrogens is 639 g/mol. The second kappa shape index (κ2) is 10.3. The number of rotatable bonds is 3. The summed E-state index contributed by atoms with van der Waals surface area (Å²) >= 11 is 3.68. The molecule has 236 valence electrons. The standard InChI is InChI=1S/C43H31N3OS2/c1-42(2,3)37-31(43(4,5)47-39(37)26(22-44)23-45)20-17-27-21-33-40(48-27)36-35-28(24-11-7-6-8-12-24)18-15-25-16-19-30-29-13-9-10-14-32(29)46(41(36)49-33)38(30)34(25)35/h6-21H,1-5H3/b20-17+. The molecule has 0 aliphatic carbocycles. The van der Waals surface area contributed by atoms with E-state index in [1.807, 2.05) is 36.5 Å². The number of allylic oxidation sites excluding steroid dienone is 2. The van der Waals surface area contributed by atoms with Crippen LogP contribution < -0.4 is 0 Å². The maximum absolute atomic E-state index is 9.74. The van der Waals surface area contributed by atoms with Crippen LogP contribution in [0.5, 0.6) is 0 Å². The zero-order valence-electron chi connectivity index (χ0n) is 27.8. The van der Waals surface area contributed by atoms with Crippen LogP contribution in [0.3, 0.4) is 0 Å². The first-order valence-electron chi connectivity index (χ1n) is 16.4. The monoisotopic (exact) mass is 669 g/mol. The lowest BCUT2D eigenvalue weighted by Crippen LogP contribution is -2.21. The summed E-state index contributed by atoms with van der Waals surface area (Å²) < 4.78 is 11.4. The van der Waals surface area contributed by atoms with Crippen LogP contribution in [0.4, 0.5) is 0 Å². The topological polar surface area (TPSA) is 61.2 Å². The Labute approximate surface area is 292 Å². The van der Waals surface area contributed by atoms with Gasteiger partial charge in [-0.2, -0.15) is 10.5 Å².